The maximum Gasteiger partial charge on any atom is 0.170 e. The smallest absolute Gasteiger partial charge is 0.170 e. The Balaban J connectivity index is 1.46. The first-order valence-electron chi connectivity index (χ1n) is 13.4. The predicted molar refractivity (Wildman–Crippen MR) is 117 cm³/mol. The molecule has 0 saturated carbocycles. The third-order valence-corrected chi connectivity index (χ3v) is 4.78. The quantitative estimate of drug-likeness (QED) is 0.457. The number of imidazole rings is 1. The van der Waals surface area contributed by atoms with Crippen molar-refractivity contribution in [3.63, 3.8) is 0 Å². The van der Waals surface area contributed by atoms with Gasteiger partial charge in [0.05, 0.1) is 54.2 Å². The molecule has 8 nitrogen and oxygen atoms in total. The van der Waals surface area contributed by atoms with Crippen LogP contribution in [-0.2, 0) is 18.2 Å². The summed E-state index contributed by atoms with van der Waals surface area (Å²) in [7, 11) is 1.87. The number of ether oxygens (including phenoxy) is 1. The molecular formula is C23H22N6O2. The van der Waals surface area contributed by atoms with Gasteiger partial charge in [0, 0.05) is 48.9 Å². The van der Waals surface area contributed by atoms with Gasteiger partial charge >= 0.3 is 0 Å². The second-order valence-corrected chi connectivity index (χ2v) is 6.82. The van der Waals surface area contributed by atoms with E-state index in [9.17, 15) is 4.79 Å². The monoisotopic (exact) mass is 422 g/mol. The summed E-state index contributed by atoms with van der Waals surface area (Å²) in [5.41, 5.74) is 2.38. The standard InChI is InChI=1S/C23H22N6O2/c1-28-15-24-14-20(28)16-2-3-18-13-26-22(27-19(18)10-16)12-21(30)17-4-5-25-23(11-17)29-6-8-31-9-7-29/h2-5,10-11,13-15H,6-9,12H2,1H3/i6D2,7D2,8D2,9D2. The highest BCUT2D eigenvalue weighted by Gasteiger charge is 2.16. The fourth-order valence-electron chi connectivity index (χ4n) is 3.21. The molecule has 0 N–H and O–H groups in total. The van der Waals surface area contributed by atoms with Gasteiger partial charge in [-0.3, -0.25) is 4.79 Å². The lowest BCUT2D eigenvalue weighted by molar-refractivity contribution is 0.0990. The lowest BCUT2D eigenvalue weighted by Crippen LogP contribution is -2.36. The van der Waals surface area contributed by atoms with E-state index in [1.807, 2.05) is 29.8 Å². The number of pyridine rings is 1. The van der Waals surface area contributed by atoms with E-state index >= 15 is 0 Å². The molecule has 0 unspecified atom stereocenters. The van der Waals surface area contributed by atoms with Crippen molar-refractivity contribution >= 4 is 22.5 Å². The van der Waals surface area contributed by atoms with Crippen LogP contribution in [0.2, 0.25) is 0 Å². The number of morpholine rings is 1. The fourth-order valence-corrected chi connectivity index (χ4v) is 3.21. The van der Waals surface area contributed by atoms with Crippen LogP contribution in [0.1, 0.15) is 27.1 Å². The van der Waals surface area contributed by atoms with Crippen LogP contribution in [0, 0.1) is 0 Å². The Morgan fingerprint density at radius 3 is 2.84 bits per heavy atom. The number of aryl methyl sites for hydroxylation is 1. The van der Waals surface area contributed by atoms with Crippen LogP contribution in [-0.4, -0.2) is 56.4 Å². The highest BCUT2D eigenvalue weighted by Crippen LogP contribution is 2.23. The van der Waals surface area contributed by atoms with Gasteiger partial charge in [-0.1, -0.05) is 12.1 Å². The van der Waals surface area contributed by atoms with Gasteiger partial charge in [-0.15, -0.1) is 0 Å². The highest BCUT2D eigenvalue weighted by molar-refractivity contribution is 5.98. The van der Waals surface area contributed by atoms with Crippen LogP contribution in [0.15, 0.2) is 55.2 Å². The van der Waals surface area contributed by atoms with Gasteiger partial charge in [0.25, 0.3) is 0 Å². The Labute approximate surface area is 190 Å². The van der Waals surface area contributed by atoms with E-state index in [4.69, 9.17) is 11.0 Å². The summed E-state index contributed by atoms with van der Waals surface area (Å²) in [5.74, 6) is -0.744. The zero-order valence-corrected chi connectivity index (χ0v) is 16.4. The Morgan fingerprint density at radius 2 is 2.03 bits per heavy atom. The zero-order chi connectivity index (χ0) is 28.4. The molecule has 0 amide bonds. The molecule has 1 fully saturated rings. The molecule has 1 aliphatic heterocycles. The van der Waals surface area contributed by atoms with Crippen molar-refractivity contribution in [2.24, 2.45) is 7.05 Å². The molecule has 1 saturated heterocycles. The minimum atomic E-state index is -3.24. The second-order valence-electron chi connectivity index (χ2n) is 6.82. The number of anilines is 1. The fraction of sp³-hybridized carbons (Fsp3) is 0.261. The minimum absolute atomic E-state index is 0.00606. The van der Waals surface area contributed by atoms with Crippen molar-refractivity contribution in [3.05, 3.63) is 66.6 Å². The predicted octanol–water partition coefficient (Wildman–Crippen LogP) is 2.69. The molecule has 0 aliphatic carbocycles. The Kier molecular flexibility index (Phi) is 3.26. The molecular weight excluding hydrogens is 392 g/mol. The van der Waals surface area contributed by atoms with Gasteiger partial charge < -0.3 is 14.2 Å². The molecule has 0 bridgehead atoms. The molecule has 1 aliphatic rings. The van der Waals surface area contributed by atoms with Crippen LogP contribution < -0.4 is 4.90 Å². The van der Waals surface area contributed by atoms with Gasteiger partial charge in [-0.25, -0.2) is 19.9 Å². The number of hydrogen-bond donors (Lipinski definition) is 0. The molecule has 1 aromatic carbocycles. The highest BCUT2D eigenvalue weighted by atomic mass is 16.5. The molecule has 3 aromatic heterocycles. The summed E-state index contributed by atoms with van der Waals surface area (Å²) in [6.07, 6.45) is 5.90. The van der Waals surface area contributed by atoms with E-state index in [1.54, 1.807) is 18.7 Å². The number of nitrogens with zero attached hydrogens (tertiary/aromatic N) is 6. The summed E-state index contributed by atoms with van der Waals surface area (Å²) in [6.45, 7) is -12.8. The summed E-state index contributed by atoms with van der Waals surface area (Å²) in [5, 5.41) is 0.767. The van der Waals surface area contributed by atoms with Crippen molar-refractivity contribution in [1.82, 2.24) is 24.5 Å². The number of ketones is 1. The summed E-state index contributed by atoms with van der Waals surface area (Å²) in [6, 6.07) is 8.05. The Bertz CT molecular complexity index is 1570. The van der Waals surface area contributed by atoms with Crippen LogP contribution in [0.3, 0.4) is 0 Å². The van der Waals surface area contributed by atoms with Crippen molar-refractivity contribution in [1.29, 1.82) is 0 Å². The van der Waals surface area contributed by atoms with Crippen LogP contribution >= 0.6 is 0 Å². The first-order valence-corrected chi connectivity index (χ1v) is 9.36. The number of fused-ring (bicyclic) bond motifs is 1. The van der Waals surface area contributed by atoms with E-state index < -0.39 is 37.7 Å². The first-order chi connectivity index (χ1) is 18.1. The number of carbonyl (C=O) groups excluding carboxylic acids is 1. The average molecular weight is 423 g/mol. The van der Waals surface area contributed by atoms with E-state index in [0.29, 0.717) is 5.52 Å². The van der Waals surface area contributed by atoms with Gasteiger partial charge in [0.15, 0.2) is 5.78 Å². The normalized spacial score (nSPS) is 24.5. The molecule has 0 spiro atoms. The summed E-state index contributed by atoms with van der Waals surface area (Å²) in [4.78, 5) is 30.2. The molecule has 8 heteroatoms. The number of Topliss-reactive ketones (excluding diaryl/α,β-unsaturated/α-hetero) is 1. The molecule has 0 atom stereocenters. The van der Waals surface area contributed by atoms with Crippen molar-refractivity contribution in [2.75, 3.05) is 31.0 Å². The third-order valence-electron chi connectivity index (χ3n) is 4.78. The van der Waals surface area contributed by atoms with Gasteiger partial charge in [-0.05, 0) is 18.2 Å². The molecule has 31 heavy (non-hydrogen) atoms. The molecule has 4 aromatic rings. The maximum absolute atomic E-state index is 13.2. The summed E-state index contributed by atoms with van der Waals surface area (Å²) >= 11 is 0. The minimum Gasteiger partial charge on any atom is -0.378 e. The van der Waals surface area contributed by atoms with Crippen molar-refractivity contribution in [2.45, 2.75) is 6.42 Å². The molecule has 5 rings (SSSR count). The number of aromatic nitrogens is 5. The van der Waals surface area contributed by atoms with E-state index in [-0.39, 0.29) is 22.7 Å². The number of carbonyl (C=O) groups is 1. The van der Waals surface area contributed by atoms with Crippen molar-refractivity contribution < 1.29 is 20.5 Å². The van der Waals surface area contributed by atoms with Crippen molar-refractivity contribution in [3.8, 4) is 11.3 Å². The molecule has 156 valence electrons. The average Bonchev–Trinajstić information content (AvgIpc) is 3.28. The second kappa shape index (κ2) is 8.23. The Morgan fingerprint density at radius 1 is 1.16 bits per heavy atom. The lowest BCUT2D eigenvalue weighted by Gasteiger charge is -2.27. The Hall–Kier alpha value is -3.65. The van der Waals surface area contributed by atoms with Crippen LogP contribution in [0.4, 0.5) is 5.82 Å². The van der Waals surface area contributed by atoms with Crippen LogP contribution in [0.5, 0.6) is 0 Å². The van der Waals surface area contributed by atoms with E-state index in [1.165, 1.54) is 6.07 Å². The van der Waals surface area contributed by atoms with E-state index in [2.05, 4.69) is 24.7 Å². The largest absolute Gasteiger partial charge is 0.378 e. The lowest BCUT2D eigenvalue weighted by atomic mass is 10.1. The van der Waals surface area contributed by atoms with Gasteiger partial charge in [-0.2, -0.15) is 0 Å². The number of rotatable bonds is 5. The molecule has 4 heterocycles. The number of benzene rings is 1. The molecule has 0 radical (unpaired) electrons. The maximum atomic E-state index is 13.2. The third kappa shape index (κ3) is 4.02. The SMILES string of the molecule is [2H]C1([2H])OC([2H])([2H])C([2H])([2H])N(c2cc(C(=O)Cc3ncc4ccc(-c5cncn5C)cc4n3)ccn2)C1([2H])[2H]. The zero-order valence-electron chi connectivity index (χ0n) is 24.4. The summed E-state index contributed by atoms with van der Waals surface area (Å²) < 4.78 is 70.7. The first kappa shape index (κ1) is 12.3. The number of hydrogen-bond acceptors (Lipinski definition) is 7. The van der Waals surface area contributed by atoms with Crippen LogP contribution in [0.25, 0.3) is 22.2 Å². The van der Waals surface area contributed by atoms with Gasteiger partial charge in [0.1, 0.15) is 11.6 Å². The topological polar surface area (TPSA) is 86.0 Å². The van der Waals surface area contributed by atoms with E-state index in [0.717, 1.165) is 28.9 Å². The van der Waals surface area contributed by atoms with Gasteiger partial charge in [0.2, 0.25) is 0 Å².